The molecule has 2 saturated carbocycles. The summed E-state index contributed by atoms with van der Waals surface area (Å²) in [6.45, 7) is 14.1. The fourth-order valence-electron chi connectivity index (χ4n) is 9.95. The summed E-state index contributed by atoms with van der Waals surface area (Å²) in [5.41, 5.74) is 4.50. The zero-order chi connectivity index (χ0) is 34.8. The second-order valence-corrected chi connectivity index (χ2v) is 18.1. The third kappa shape index (κ3) is 4.73. The Morgan fingerprint density at radius 2 is 1.26 bits per heavy atom. The minimum atomic E-state index is -0.412. The van der Waals surface area contributed by atoms with Crippen LogP contribution in [0.3, 0.4) is 0 Å². The van der Waals surface area contributed by atoms with E-state index < -0.39 is 5.66 Å². The highest BCUT2D eigenvalue weighted by atomic mass is 16.3. The lowest BCUT2D eigenvalue weighted by Gasteiger charge is -2.48. The Morgan fingerprint density at radius 1 is 0.680 bits per heavy atom. The summed E-state index contributed by atoms with van der Waals surface area (Å²) < 4.78 is 0. The molecule has 2 heterocycles. The number of carbonyl (C=O) groups is 1. The molecule has 5 aliphatic rings. The van der Waals surface area contributed by atoms with Crippen molar-refractivity contribution in [2.45, 2.75) is 104 Å². The van der Waals surface area contributed by atoms with E-state index in [0.717, 1.165) is 106 Å². The van der Waals surface area contributed by atoms with Crippen molar-refractivity contribution in [3.8, 4) is 0 Å². The average molecular weight is 667 g/mol. The highest BCUT2D eigenvalue weighted by molar-refractivity contribution is 6.52. The molecule has 0 atom stereocenters. The Labute approximate surface area is 295 Å². The van der Waals surface area contributed by atoms with Crippen LogP contribution in [0.15, 0.2) is 71.4 Å². The number of aliphatic hydroxyl groups is 1. The quantitative estimate of drug-likeness (QED) is 0.163. The molecule has 258 valence electrons. The molecule has 6 heteroatoms. The normalized spacial score (nSPS) is 28.6. The molecule has 4 aromatic rings. The van der Waals surface area contributed by atoms with Gasteiger partial charge in [-0.1, -0.05) is 90.1 Å². The zero-order valence-corrected chi connectivity index (χ0v) is 30.4. The molecule has 2 aliphatic heterocycles. The molecule has 50 heavy (non-hydrogen) atoms. The van der Waals surface area contributed by atoms with Crippen molar-refractivity contribution >= 4 is 55.5 Å². The van der Waals surface area contributed by atoms with Gasteiger partial charge in [-0.25, -0.2) is 0 Å². The number of aliphatic hydroxyl groups excluding tert-OH is 1. The summed E-state index contributed by atoms with van der Waals surface area (Å²) in [5, 5.41) is 29.5. The molecule has 0 amide bonds. The van der Waals surface area contributed by atoms with Gasteiger partial charge in [0.1, 0.15) is 17.1 Å². The van der Waals surface area contributed by atoms with E-state index in [9.17, 15) is 9.90 Å². The van der Waals surface area contributed by atoms with Crippen molar-refractivity contribution in [3.05, 3.63) is 82.6 Å². The van der Waals surface area contributed by atoms with Crippen LogP contribution in [0, 0.1) is 22.7 Å². The highest BCUT2D eigenvalue weighted by Crippen LogP contribution is 2.51. The number of ketones is 1. The molecule has 9 rings (SSSR count). The largest absolute Gasteiger partial charge is 0.506 e. The third-order valence-electron chi connectivity index (χ3n) is 13.1. The number of allylic oxidation sites excluding steroid dienone is 2. The Kier molecular flexibility index (Phi) is 6.71. The Hall–Kier alpha value is -4.32. The van der Waals surface area contributed by atoms with E-state index in [-0.39, 0.29) is 28.0 Å². The van der Waals surface area contributed by atoms with E-state index in [1.54, 1.807) is 0 Å². The summed E-state index contributed by atoms with van der Waals surface area (Å²) in [5.74, 6) is 1.27. The van der Waals surface area contributed by atoms with Crippen molar-refractivity contribution in [2.24, 2.45) is 27.7 Å². The molecule has 2 spiro atoms. The Bertz CT molecular complexity index is 2270. The van der Waals surface area contributed by atoms with Gasteiger partial charge >= 0.3 is 0 Å². The number of nitrogens with zero attached hydrogens (tertiary/aromatic N) is 1. The predicted octanol–water partition coefficient (Wildman–Crippen LogP) is 9.44. The molecule has 4 N–H and O–H groups in total. The van der Waals surface area contributed by atoms with Gasteiger partial charge in [0.25, 0.3) is 0 Å². The van der Waals surface area contributed by atoms with Crippen molar-refractivity contribution in [1.29, 1.82) is 0 Å². The highest BCUT2D eigenvalue weighted by Gasteiger charge is 2.45. The standard InChI is InChI=1S/C44H50N4O2/c1-41(2,3)27-17-21-43(22-18-27)45-31-11-7-9-25-13-15-29(37(47-43)33(25)31)35-39(49)36(40(35)50)30-16-14-26-10-8-12-32-34(26)38(30)48-44(46-32)23-19-28(20-24-44)42(4,5)6/h7-16,27-28,45-47,49H,17-24H2,1-6H3. The van der Waals surface area contributed by atoms with E-state index in [1.165, 1.54) is 0 Å². The minimum absolute atomic E-state index is 0.0706. The maximum atomic E-state index is 14.5. The van der Waals surface area contributed by atoms with Gasteiger partial charge in [-0.2, -0.15) is 0 Å². The van der Waals surface area contributed by atoms with Gasteiger partial charge < -0.3 is 21.1 Å². The van der Waals surface area contributed by atoms with Crippen LogP contribution in [0.4, 0.5) is 17.1 Å². The molecule has 0 bridgehead atoms. The molecule has 0 radical (unpaired) electrons. The van der Waals surface area contributed by atoms with Crippen molar-refractivity contribution < 1.29 is 9.90 Å². The molecular formula is C44H50N4O2. The first-order chi connectivity index (χ1) is 23.8. The summed E-state index contributed by atoms with van der Waals surface area (Å²) in [6, 6.07) is 20.9. The zero-order valence-electron chi connectivity index (χ0n) is 30.4. The van der Waals surface area contributed by atoms with Crippen LogP contribution in [0.2, 0.25) is 0 Å². The van der Waals surface area contributed by atoms with E-state index in [1.807, 2.05) is 12.1 Å². The van der Waals surface area contributed by atoms with Crippen molar-refractivity contribution in [3.63, 3.8) is 0 Å². The molecule has 4 aromatic carbocycles. The third-order valence-corrected chi connectivity index (χ3v) is 13.1. The summed E-state index contributed by atoms with van der Waals surface area (Å²) >= 11 is 0. The number of hydrogen-bond donors (Lipinski definition) is 4. The van der Waals surface area contributed by atoms with E-state index in [0.29, 0.717) is 23.0 Å². The van der Waals surface area contributed by atoms with Gasteiger partial charge in [-0.3, -0.25) is 9.79 Å². The lowest BCUT2D eigenvalue weighted by molar-refractivity contribution is -0.109. The average Bonchev–Trinajstić information content (AvgIpc) is 3.06. The lowest BCUT2D eigenvalue weighted by Crippen LogP contribution is -2.51. The van der Waals surface area contributed by atoms with Gasteiger partial charge in [0, 0.05) is 32.9 Å². The van der Waals surface area contributed by atoms with Crippen molar-refractivity contribution in [1.82, 2.24) is 0 Å². The number of rotatable bonds is 1. The number of hydrogen-bond acceptors (Lipinski definition) is 6. The van der Waals surface area contributed by atoms with Gasteiger partial charge in [0.15, 0.2) is 0 Å². The first kappa shape index (κ1) is 31.6. The number of anilines is 3. The fraction of sp³-hybridized carbons (Fsp3) is 0.455. The molecule has 2 fully saturated rings. The Balaban J connectivity index is 1.17. The number of carbonyl (C=O) groups excluding carboxylic acids is 1. The maximum Gasteiger partial charge on any atom is 0.201 e. The second kappa shape index (κ2) is 10.6. The van der Waals surface area contributed by atoms with Crippen LogP contribution in [0.5, 0.6) is 0 Å². The number of benzene rings is 4. The van der Waals surface area contributed by atoms with E-state index in [2.05, 4.69) is 106 Å². The first-order valence-corrected chi connectivity index (χ1v) is 18.8. The maximum absolute atomic E-state index is 14.5. The number of nitrogens with one attached hydrogen (secondary N) is 3. The number of Topliss-reactive ketones (excluding diaryl/α,β-unsaturated/α-hetero) is 1. The van der Waals surface area contributed by atoms with Crippen LogP contribution in [0.25, 0.3) is 32.7 Å². The molecular weight excluding hydrogens is 617 g/mol. The Morgan fingerprint density at radius 3 is 1.88 bits per heavy atom. The molecule has 0 saturated heterocycles. The molecule has 6 nitrogen and oxygen atoms in total. The van der Waals surface area contributed by atoms with Crippen molar-refractivity contribution in [2.75, 3.05) is 16.0 Å². The van der Waals surface area contributed by atoms with Crippen LogP contribution < -0.4 is 26.5 Å². The summed E-state index contributed by atoms with van der Waals surface area (Å²) in [7, 11) is 0. The van der Waals surface area contributed by atoms with E-state index >= 15 is 0 Å². The lowest BCUT2D eigenvalue weighted by atomic mass is 9.69. The van der Waals surface area contributed by atoms with Crippen LogP contribution in [-0.4, -0.2) is 22.2 Å². The predicted molar refractivity (Wildman–Crippen MR) is 206 cm³/mol. The first-order valence-electron chi connectivity index (χ1n) is 18.8. The monoisotopic (exact) mass is 666 g/mol. The minimum Gasteiger partial charge on any atom is -0.506 e. The van der Waals surface area contributed by atoms with E-state index in [4.69, 9.17) is 4.99 Å². The van der Waals surface area contributed by atoms with Crippen LogP contribution >= 0.6 is 0 Å². The SMILES string of the molecule is CC(C)(C)C1CCC2(CC1)N=c1c(=C3C(=O)C(c4ccc5cccc6c5c4NC4(CCC(C(C)(C)C)CC4)N6)=C3O)ccc3cccc(c13)N2. The smallest absolute Gasteiger partial charge is 0.201 e. The topological polar surface area (TPSA) is 85.8 Å². The van der Waals surface area contributed by atoms with Gasteiger partial charge in [0.05, 0.1) is 22.2 Å². The van der Waals surface area contributed by atoms with Crippen LogP contribution in [0.1, 0.15) is 98.5 Å². The second-order valence-electron chi connectivity index (χ2n) is 18.1. The van der Waals surface area contributed by atoms with Gasteiger partial charge in [-0.05, 0) is 96.9 Å². The summed E-state index contributed by atoms with van der Waals surface area (Å²) in [4.78, 5) is 20.0. The molecule has 0 aromatic heterocycles. The fourth-order valence-corrected chi connectivity index (χ4v) is 9.95. The molecule has 3 aliphatic carbocycles. The van der Waals surface area contributed by atoms with Gasteiger partial charge in [0.2, 0.25) is 5.78 Å². The molecule has 0 unspecified atom stereocenters. The summed E-state index contributed by atoms with van der Waals surface area (Å²) in [6.07, 6.45) is 8.33. The van der Waals surface area contributed by atoms with Gasteiger partial charge in [-0.15, -0.1) is 0 Å². The van der Waals surface area contributed by atoms with Crippen LogP contribution in [-0.2, 0) is 4.79 Å².